The number of amides is 1. The number of carbonyl (C=O) groups excluding carboxylic acids is 1. The highest BCUT2D eigenvalue weighted by Crippen LogP contribution is 2.23. The molecule has 1 unspecified atom stereocenters. The van der Waals surface area contributed by atoms with Gasteiger partial charge in [-0.25, -0.2) is 9.37 Å². The van der Waals surface area contributed by atoms with Crippen molar-refractivity contribution in [1.82, 2.24) is 9.88 Å². The molecule has 2 aromatic rings. The monoisotopic (exact) mass is 348 g/mol. The summed E-state index contributed by atoms with van der Waals surface area (Å²) in [5.41, 5.74) is 1.45. The number of hydrogen-bond acceptors (Lipinski definition) is 4. The first-order chi connectivity index (χ1) is 11.5. The molecule has 1 amide bonds. The Kier molecular flexibility index (Phi) is 5.26. The van der Waals surface area contributed by atoms with Crippen molar-refractivity contribution in [2.24, 2.45) is 5.92 Å². The summed E-state index contributed by atoms with van der Waals surface area (Å²) in [6, 6.07) is 6.33. The van der Waals surface area contributed by atoms with Gasteiger partial charge in [0.15, 0.2) is 0 Å². The van der Waals surface area contributed by atoms with E-state index in [1.54, 1.807) is 17.5 Å². The first-order valence-electron chi connectivity index (χ1n) is 8.19. The lowest BCUT2D eigenvalue weighted by Gasteiger charge is -2.32. The van der Waals surface area contributed by atoms with E-state index in [0.29, 0.717) is 25.2 Å². The molecule has 1 aliphatic rings. The van der Waals surface area contributed by atoms with Crippen LogP contribution in [0.3, 0.4) is 0 Å². The molecule has 1 aromatic heterocycles. The maximum Gasteiger partial charge on any atom is 0.273 e. The molecule has 6 heteroatoms. The number of nitrogens with zero attached hydrogens (tertiary/aromatic N) is 2. The van der Waals surface area contributed by atoms with Crippen LogP contribution in [0.15, 0.2) is 29.6 Å². The van der Waals surface area contributed by atoms with Crippen LogP contribution in [0.25, 0.3) is 0 Å². The van der Waals surface area contributed by atoms with Crippen molar-refractivity contribution in [2.45, 2.75) is 32.3 Å². The fraction of sp³-hybridized carbons (Fsp3) is 0.444. The van der Waals surface area contributed by atoms with E-state index in [-0.39, 0.29) is 23.7 Å². The quantitative estimate of drug-likeness (QED) is 0.924. The first kappa shape index (κ1) is 17.0. The van der Waals surface area contributed by atoms with Crippen LogP contribution in [-0.2, 0) is 6.42 Å². The molecule has 1 aliphatic heterocycles. The Morgan fingerprint density at radius 3 is 2.67 bits per heavy atom. The third-order valence-electron chi connectivity index (χ3n) is 4.55. The van der Waals surface area contributed by atoms with Crippen molar-refractivity contribution in [3.63, 3.8) is 0 Å². The van der Waals surface area contributed by atoms with Crippen LogP contribution in [0.1, 0.15) is 40.8 Å². The maximum atomic E-state index is 12.9. The number of aliphatic hydroxyl groups excluding tert-OH is 1. The van der Waals surface area contributed by atoms with Gasteiger partial charge >= 0.3 is 0 Å². The van der Waals surface area contributed by atoms with E-state index in [9.17, 15) is 14.3 Å². The molecule has 128 valence electrons. The van der Waals surface area contributed by atoms with E-state index in [0.717, 1.165) is 23.4 Å². The van der Waals surface area contributed by atoms with Crippen molar-refractivity contribution in [2.75, 3.05) is 13.1 Å². The standard InChI is InChI=1S/C18H21FN2O2S/c1-12(22)14-6-8-21(9-7-14)18(23)16-11-24-17(20-16)10-13-2-4-15(19)5-3-13/h2-5,11-12,14,22H,6-10H2,1H3. The number of rotatable bonds is 4. The molecular weight excluding hydrogens is 327 g/mol. The minimum atomic E-state index is -0.316. The van der Waals surface area contributed by atoms with Crippen LogP contribution in [0.4, 0.5) is 4.39 Å². The predicted molar refractivity (Wildman–Crippen MR) is 91.6 cm³/mol. The summed E-state index contributed by atoms with van der Waals surface area (Å²) in [4.78, 5) is 18.8. The van der Waals surface area contributed by atoms with Crippen molar-refractivity contribution in [3.8, 4) is 0 Å². The summed E-state index contributed by atoms with van der Waals surface area (Å²) in [7, 11) is 0. The molecule has 0 aliphatic carbocycles. The lowest BCUT2D eigenvalue weighted by molar-refractivity contribution is 0.0517. The van der Waals surface area contributed by atoms with Crippen LogP contribution in [0.5, 0.6) is 0 Å². The molecule has 1 N–H and O–H groups in total. The van der Waals surface area contributed by atoms with Gasteiger partial charge in [-0.3, -0.25) is 4.79 Å². The van der Waals surface area contributed by atoms with Crippen molar-refractivity contribution < 1.29 is 14.3 Å². The summed E-state index contributed by atoms with van der Waals surface area (Å²) >= 11 is 1.45. The highest BCUT2D eigenvalue weighted by molar-refractivity contribution is 7.09. The fourth-order valence-electron chi connectivity index (χ4n) is 3.01. The molecular formula is C18H21FN2O2S. The van der Waals surface area contributed by atoms with Gasteiger partial charge in [-0.05, 0) is 43.4 Å². The fourth-order valence-corrected chi connectivity index (χ4v) is 3.82. The smallest absolute Gasteiger partial charge is 0.273 e. The number of likely N-dealkylation sites (tertiary alicyclic amines) is 1. The third kappa shape index (κ3) is 3.99. The lowest BCUT2D eigenvalue weighted by atomic mass is 9.92. The average molecular weight is 348 g/mol. The van der Waals surface area contributed by atoms with Crippen molar-refractivity contribution >= 4 is 17.2 Å². The van der Waals surface area contributed by atoms with Crippen LogP contribution in [-0.4, -0.2) is 40.1 Å². The first-order valence-corrected chi connectivity index (χ1v) is 9.07. The predicted octanol–water partition coefficient (Wildman–Crippen LogP) is 3.11. The van der Waals surface area contributed by atoms with Gasteiger partial charge < -0.3 is 10.0 Å². The van der Waals surface area contributed by atoms with E-state index in [1.807, 2.05) is 11.8 Å². The van der Waals surface area contributed by atoms with Gasteiger partial charge in [0.2, 0.25) is 0 Å². The topological polar surface area (TPSA) is 53.4 Å². The van der Waals surface area contributed by atoms with E-state index in [1.165, 1.54) is 23.5 Å². The van der Waals surface area contributed by atoms with Gasteiger partial charge in [0.1, 0.15) is 11.5 Å². The van der Waals surface area contributed by atoms with Gasteiger partial charge in [-0.2, -0.15) is 0 Å². The molecule has 2 heterocycles. The van der Waals surface area contributed by atoms with E-state index in [4.69, 9.17) is 0 Å². The minimum absolute atomic E-state index is 0.0411. The zero-order valence-corrected chi connectivity index (χ0v) is 14.4. The zero-order valence-electron chi connectivity index (χ0n) is 13.6. The Morgan fingerprint density at radius 1 is 1.38 bits per heavy atom. The number of piperidine rings is 1. The molecule has 4 nitrogen and oxygen atoms in total. The second-order valence-corrected chi connectivity index (χ2v) is 7.24. The number of hydrogen-bond donors (Lipinski definition) is 1. The second-order valence-electron chi connectivity index (χ2n) is 6.30. The Labute approximate surface area is 145 Å². The number of aliphatic hydroxyl groups is 1. The normalized spacial score (nSPS) is 17.0. The summed E-state index contributed by atoms with van der Waals surface area (Å²) in [6.07, 6.45) is 1.94. The van der Waals surface area contributed by atoms with Crippen LogP contribution >= 0.6 is 11.3 Å². The SMILES string of the molecule is CC(O)C1CCN(C(=O)c2csc(Cc3ccc(F)cc3)n2)CC1. The summed E-state index contributed by atoms with van der Waals surface area (Å²) in [6.45, 7) is 3.14. The van der Waals surface area contributed by atoms with Crippen LogP contribution in [0.2, 0.25) is 0 Å². The molecule has 1 fully saturated rings. The summed E-state index contributed by atoms with van der Waals surface area (Å²) < 4.78 is 12.9. The molecule has 1 aromatic carbocycles. The molecule has 3 rings (SSSR count). The molecule has 0 saturated carbocycles. The highest BCUT2D eigenvalue weighted by Gasteiger charge is 2.27. The molecule has 1 saturated heterocycles. The van der Waals surface area contributed by atoms with E-state index >= 15 is 0 Å². The van der Waals surface area contributed by atoms with Crippen molar-refractivity contribution in [1.29, 1.82) is 0 Å². The minimum Gasteiger partial charge on any atom is -0.393 e. The van der Waals surface area contributed by atoms with Gasteiger partial charge in [-0.1, -0.05) is 12.1 Å². The van der Waals surface area contributed by atoms with Gasteiger partial charge in [0.05, 0.1) is 11.1 Å². The zero-order chi connectivity index (χ0) is 17.1. The Balaban J connectivity index is 1.61. The van der Waals surface area contributed by atoms with Crippen LogP contribution < -0.4 is 0 Å². The lowest BCUT2D eigenvalue weighted by Crippen LogP contribution is -2.40. The summed E-state index contributed by atoms with van der Waals surface area (Å²) in [5, 5.41) is 12.3. The van der Waals surface area contributed by atoms with Gasteiger partial charge in [0.25, 0.3) is 5.91 Å². The largest absolute Gasteiger partial charge is 0.393 e. The van der Waals surface area contributed by atoms with Crippen LogP contribution in [0, 0.1) is 11.7 Å². The third-order valence-corrected chi connectivity index (χ3v) is 5.40. The molecule has 1 atom stereocenters. The number of carbonyl (C=O) groups is 1. The Bertz CT molecular complexity index is 691. The highest BCUT2D eigenvalue weighted by atomic mass is 32.1. The summed E-state index contributed by atoms with van der Waals surface area (Å²) in [5.74, 6) is -0.0199. The number of halogens is 1. The number of aromatic nitrogens is 1. The van der Waals surface area contributed by atoms with Gasteiger partial charge in [-0.15, -0.1) is 11.3 Å². The number of thiazole rings is 1. The average Bonchev–Trinajstić information content (AvgIpc) is 3.05. The van der Waals surface area contributed by atoms with Gasteiger partial charge in [0, 0.05) is 24.9 Å². The van der Waals surface area contributed by atoms with E-state index < -0.39 is 0 Å². The molecule has 24 heavy (non-hydrogen) atoms. The number of benzene rings is 1. The van der Waals surface area contributed by atoms with E-state index in [2.05, 4.69) is 4.98 Å². The molecule has 0 spiro atoms. The Morgan fingerprint density at radius 2 is 2.04 bits per heavy atom. The molecule has 0 bridgehead atoms. The molecule has 0 radical (unpaired) electrons. The maximum absolute atomic E-state index is 12.9. The Hall–Kier alpha value is -1.79. The second kappa shape index (κ2) is 7.40. The van der Waals surface area contributed by atoms with Crippen molar-refractivity contribution in [3.05, 3.63) is 51.7 Å².